The number of methoxy groups -OCH3 is 1. The Hall–Kier alpha value is -3.45. The lowest BCUT2D eigenvalue weighted by atomic mass is 10.1. The molecule has 0 unspecified atom stereocenters. The van der Waals surface area contributed by atoms with E-state index in [1.807, 2.05) is 36.7 Å². The minimum absolute atomic E-state index is 0.127. The van der Waals surface area contributed by atoms with Crippen LogP contribution in [-0.2, 0) is 6.54 Å². The molecule has 8 heteroatoms. The fourth-order valence-corrected chi connectivity index (χ4v) is 3.43. The maximum absolute atomic E-state index is 6.37. The van der Waals surface area contributed by atoms with E-state index in [2.05, 4.69) is 49.6 Å². The van der Waals surface area contributed by atoms with E-state index in [0.29, 0.717) is 34.7 Å². The molecule has 0 bridgehead atoms. The van der Waals surface area contributed by atoms with Gasteiger partial charge in [0.25, 0.3) is 0 Å². The number of halogens is 1. The van der Waals surface area contributed by atoms with Gasteiger partial charge in [0.15, 0.2) is 17.4 Å². The van der Waals surface area contributed by atoms with Crippen molar-refractivity contribution < 1.29 is 4.74 Å². The molecule has 0 saturated carbocycles. The third-order valence-electron chi connectivity index (χ3n) is 4.80. The van der Waals surface area contributed by atoms with Crippen molar-refractivity contribution in [3.05, 3.63) is 71.6 Å². The van der Waals surface area contributed by atoms with Crippen LogP contribution >= 0.6 is 11.6 Å². The number of anilines is 1. The van der Waals surface area contributed by atoms with Gasteiger partial charge < -0.3 is 10.1 Å². The molecule has 0 fully saturated rings. The van der Waals surface area contributed by atoms with Crippen LogP contribution in [0.2, 0.25) is 5.02 Å². The quantitative estimate of drug-likeness (QED) is 0.427. The lowest BCUT2D eigenvalue weighted by molar-refractivity contribution is 0.412. The maximum atomic E-state index is 6.37. The Morgan fingerprint density at radius 3 is 2.55 bits per heavy atom. The molecule has 7 nitrogen and oxygen atoms in total. The van der Waals surface area contributed by atoms with Crippen molar-refractivity contribution in [1.82, 2.24) is 24.7 Å². The molecule has 0 spiro atoms. The summed E-state index contributed by atoms with van der Waals surface area (Å²) >= 11 is 6.37. The Labute approximate surface area is 186 Å². The summed E-state index contributed by atoms with van der Waals surface area (Å²) in [6.07, 6.45) is 5.05. The van der Waals surface area contributed by atoms with Gasteiger partial charge in [0.05, 0.1) is 30.2 Å². The number of pyridine rings is 1. The minimum Gasteiger partial charge on any atom is -0.491 e. The minimum atomic E-state index is 0.127. The first kappa shape index (κ1) is 20.8. The molecule has 1 aromatic carbocycles. The lowest BCUT2D eigenvalue weighted by Gasteiger charge is -2.14. The summed E-state index contributed by atoms with van der Waals surface area (Å²) in [5.74, 6) is 1.64. The molecule has 0 aliphatic rings. The van der Waals surface area contributed by atoms with E-state index < -0.39 is 0 Å². The highest BCUT2D eigenvalue weighted by molar-refractivity contribution is 6.32. The topological polar surface area (TPSA) is 77.8 Å². The SMILES string of the molecule is COc1cnc(-c2c(Cl)cnn2C(C)C)nc1NCc1ccc(-c2ccccn2)cc1. The second kappa shape index (κ2) is 9.14. The van der Waals surface area contributed by atoms with Gasteiger partial charge >= 0.3 is 0 Å². The molecular weight excluding hydrogens is 412 g/mol. The number of hydrogen-bond donors (Lipinski definition) is 1. The average Bonchev–Trinajstić information content (AvgIpc) is 3.20. The molecule has 3 aromatic heterocycles. The van der Waals surface area contributed by atoms with Gasteiger partial charge in [-0.1, -0.05) is 41.9 Å². The second-order valence-electron chi connectivity index (χ2n) is 7.26. The predicted octanol–water partition coefficient (Wildman–Crippen LogP) is 5.26. The van der Waals surface area contributed by atoms with Gasteiger partial charge in [0, 0.05) is 24.3 Å². The Morgan fingerprint density at radius 1 is 1.06 bits per heavy atom. The highest BCUT2D eigenvalue weighted by Crippen LogP contribution is 2.31. The summed E-state index contributed by atoms with van der Waals surface area (Å²) < 4.78 is 7.25. The van der Waals surface area contributed by atoms with Gasteiger partial charge in [-0.05, 0) is 31.5 Å². The largest absolute Gasteiger partial charge is 0.491 e. The number of aromatic nitrogens is 5. The fraction of sp³-hybridized carbons (Fsp3) is 0.217. The van der Waals surface area contributed by atoms with Crippen molar-refractivity contribution in [2.75, 3.05) is 12.4 Å². The molecule has 4 aromatic rings. The number of benzene rings is 1. The summed E-state index contributed by atoms with van der Waals surface area (Å²) in [6.45, 7) is 4.64. The van der Waals surface area contributed by atoms with Crippen molar-refractivity contribution in [3.8, 4) is 28.5 Å². The van der Waals surface area contributed by atoms with E-state index in [-0.39, 0.29) is 6.04 Å². The van der Waals surface area contributed by atoms with Crippen LogP contribution in [0.25, 0.3) is 22.8 Å². The van der Waals surface area contributed by atoms with Crippen molar-refractivity contribution in [2.24, 2.45) is 0 Å². The molecular formula is C23H23ClN6O. The van der Waals surface area contributed by atoms with Gasteiger partial charge in [0.2, 0.25) is 0 Å². The fourth-order valence-electron chi connectivity index (χ4n) is 3.22. The van der Waals surface area contributed by atoms with Gasteiger partial charge in [-0.3, -0.25) is 9.67 Å². The lowest BCUT2D eigenvalue weighted by Crippen LogP contribution is -2.09. The second-order valence-corrected chi connectivity index (χ2v) is 7.66. The molecule has 0 saturated heterocycles. The van der Waals surface area contributed by atoms with Crippen molar-refractivity contribution in [1.29, 1.82) is 0 Å². The maximum Gasteiger partial charge on any atom is 0.181 e. The Kier molecular flexibility index (Phi) is 6.13. The molecule has 0 atom stereocenters. The zero-order valence-corrected chi connectivity index (χ0v) is 18.3. The highest BCUT2D eigenvalue weighted by Gasteiger charge is 2.18. The van der Waals surface area contributed by atoms with Crippen molar-refractivity contribution in [2.45, 2.75) is 26.4 Å². The molecule has 31 heavy (non-hydrogen) atoms. The van der Waals surface area contributed by atoms with Gasteiger partial charge in [-0.15, -0.1) is 0 Å². The van der Waals surface area contributed by atoms with Gasteiger partial charge in [-0.2, -0.15) is 5.10 Å². The number of nitrogens with one attached hydrogen (secondary N) is 1. The van der Waals surface area contributed by atoms with Crippen LogP contribution in [-0.4, -0.2) is 31.8 Å². The molecule has 3 heterocycles. The van der Waals surface area contributed by atoms with Crippen LogP contribution < -0.4 is 10.1 Å². The summed E-state index contributed by atoms with van der Waals surface area (Å²) in [6, 6.07) is 14.3. The number of hydrogen-bond acceptors (Lipinski definition) is 6. The van der Waals surface area contributed by atoms with Crippen molar-refractivity contribution in [3.63, 3.8) is 0 Å². The van der Waals surface area contributed by atoms with Crippen LogP contribution in [0.4, 0.5) is 5.82 Å². The molecule has 4 rings (SSSR count). The van der Waals surface area contributed by atoms with E-state index in [9.17, 15) is 0 Å². The van der Waals surface area contributed by atoms with E-state index >= 15 is 0 Å². The number of rotatable bonds is 7. The van der Waals surface area contributed by atoms with Crippen LogP contribution in [0.5, 0.6) is 5.75 Å². The van der Waals surface area contributed by atoms with Crippen LogP contribution in [0.1, 0.15) is 25.5 Å². The van der Waals surface area contributed by atoms with E-state index in [1.54, 1.807) is 25.7 Å². The number of ether oxygens (including phenoxy) is 1. The molecule has 0 radical (unpaired) electrons. The van der Waals surface area contributed by atoms with Crippen LogP contribution in [0, 0.1) is 0 Å². The first-order valence-electron chi connectivity index (χ1n) is 9.95. The number of nitrogens with zero attached hydrogens (tertiary/aromatic N) is 5. The summed E-state index contributed by atoms with van der Waals surface area (Å²) in [5, 5.41) is 8.19. The monoisotopic (exact) mass is 434 g/mol. The smallest absolute Gasteiger partial charge is 0.181 e. The predicted molar refractivity (Wildman–Crippen MR) is 122 cm³/mol. The molecule has 0 aliphatic heterocycles. The first-order chi connectivity index (χ1) is 15.1. The first-order valence-corrected chi connectivity index (χ1v) is 10.3. The van der Waals surface area contributed by atoms with Crippen LogP contribution in [0.3, 0.4) is 0 Å². The van der Waals surface area contributed by atoms with Gasteiger partial charge in [0.1, 0.15) is 5.69 Å². The summed E-state index contributed by atoms with van der Waals surface area (Å²) in [5.41, 5.74) is 3.81. The average molecular weight is 435 g/mol. The molecule has 1 N–H and O–H groups in total. The Morgan fingerprint density at radius 2 is 1.87 bits per heavy atom. The zero-order valence-electron chi connectivity index (χ0n) is 17.6. The molecule has 0 amide bonds. The zero-order chi connectivity index (χ0) is 21.8. The third-order valence-corrected chi connectivity index (χ3v) is 5.08. The van der Waals surface area contributed by atoms with E-state index in [0.717, 1.165) is 16.8 Å². The Balaban J connectivity index is 1.56. The van der Waals surface area contributed by atoms with E-state index in [1.165, 1.54) is 0 Å². The molecule has 158 valence electrons. The normalized spacial score (nSPS) is 11.0. The Bertz CT molecular complexity index is 1160. The standard InChI is InChI=1S/C23H23ClN6O/c1-15(2)30-21(18(24)13-28-30)23-27-14-20(31-3)22(29-23)26-12-16-7-9-17(10-8-16)19-6-4-5-11-25-19/h4-11,13-15H,12H2,1-3H3,(H,26,27,29). The highest BCUT2D eigenvalue weighted by atomic mass is 35.5. The molecule has 0 aliphatic carbocycles. The third kappa shape index (κ3) is 4.51. The summed E-state index contributed by atoms with van der Waals surface area (Å²) in [7, 11) is 1.59. The van der Waals surface area contributed by atoms with Crippen molar-refractivity contribution >= 4 is 17.4 Å². The van der Waals surface area contributed by atoms with Gasteiger partial charge in [-0.25, -0.2) is 9.97 Å². The summed E-state index contributed by atoms with van der Waals surface area (Å²) in [4.78, 5) is 13.5. The van der Waals surface area contributed by atoms with E-state index in [4.69, 9.17) is 16.3 Å². The van der Waals surface area contributed by atoms with Crippen LogP contribution in [0.15, 0.2) is 61.1 Å².